The number of amides is 1. The predicted octanol–water partition coefficient (Wildman–Crippen LogP) is 1.52. The van der Waals surface area contributed by atoms with E-state index in [1.165, 1.54) is 4.90 Å². The summed E-state index contributed by atoms with van der Waals surface area (Å²) in [7, 11) is 3.25. The van der Waals surface area contributed by atoms with Crippen molar-refractivity contribution >= 4 is 22.8 Å². The van der Waals surface area contributed by atoms with Gasteiger partial charge >= 0.3 is 6.09 Å². The molecule has 2 atom stereocenters. The first-order chi connectivity index (χ1) is 11.8. The van der Waals surface area contributed by atoms with Crippen LogP contribution in [0.25, 0.3) is 11.0 Å². The van der Waals surface area contributed by atoms with Crippen molar-refractivity contribution in [1.29, 1.82) is 0 Å². The molecule has 2 aromatic heterocycles. The highest BCUT2D eigenvalue weighted by atomic mass is 16.5. The number of hydrogen-bond donors (Lipinski definition) is 1. The van der Waals surface area contributed by atoms with Crippen molar-refractivity contribution in [3.05, 3.63) is 28.6 Å². The van der Waals surface area contributed by atoms with Gasteiger partial charge in [-0.3, -0.25) is 4.79 Å². The molecule has 8 nitrogen and oxygen atoms in total. The lowest BCUT2D eigenvalue weighted by atomic mass is 10.1. The maximum Gasteiger partial charge on any atom is 0.407 e. The quantitative estimate of drug-likeness (QED) is 0.887. The summed E-state index contributed by atoms with van der Waals surface area (Å²) in [4.78, 5) is 31.8. The molecule has 1 amide bonds. The lowest BCUT2D eigenvalue weighted by Gasteiger charge is -2.44. The minimum Gasteiger partial charge on any atom is -0.481 e. The molecule has 8 heteroatoms. The predicted molar refractivity (Wildman–Crippen MR) is 94.5 cm³/mol. The van der Waals surface area contributed by atoms with E-state index in [2.05, 4.69) is 9.88 Å². The van der Waals surface area contributed by atoms with Crippen LogP contribution in [-0.4, -0.2) is 57.9 Å². The van der Waals surface area contributed by atoms with E-state index in [4.69, 9.17) is 4.74 Å². The van der Waals surface area contributed by atoms with Gasteiger partial charge in [0.05, 0.1) is 18.3 Å². The molecule has 3 heterocycles. The number of piperazine rings is 1. The van der Waals surface area contributed by atoms with E-state index in [1.807, 2.05) is 19.9 Å². The molecule has 0 aliphatic carbocycles. The van der Waals surface area contributed by atoms with E-state index in [0.29, 0.717) is 35.7 Å². The Kier molecular flexibility index (Phi) is 4.28. The van der Waals surface area contributed by atoms with E-state index < -0.39 is 6.09 Å². The minimum atomic E-state index is -0.923. The number of nitrogens with zero attached hydrogens (tertiary/aromatic N) is 4. The molecule has 0 aromatic carbocycles. The molecular weight excluding hydrogens is 324 g/mol. The van der Waals surface area contributed by atoms with Crippen molar-refractivity contribution in [3.63, 3.8) is 0 Å². The largest absolute Gasteiger partial charge is 0.481 e. The van der Waals surface area contributed by atoms with Crippen LogP contribution < -0.4 is 15.2 Å². The van der Waals surface area contributed by atoms with Gasteiger partial charge in [-0.2, -0.15) is 0 Å². The average Bonchev–Trinajstić information content (AvgIpc) is 2.59. The van der Waals surface area contributed by atoms with Gasteiger partial charge in [0.1, 0.15) is 5.52 Å². The van der Waals surface area contributed by atoms with E-state index in [1.54, 1.807) is 30.9 Å². The van der Waals surface area contributed by atoms with Crippen LogP contribution in [0.5, 0.6) is 5.88 Å². The Bertz CT molecular complexity index is 879. The number of ether oxygens (including phenoxy) is 1. The molecule has 134 valence electrons. The number of pyridine rings is 2. The van der Waals surface area contributed by atoms with Crippen LogP contribution in [-0.2, 0) is 7.05 Å². The summed E-state index contributed by atoms with van der Waals surface area (Å²) < 4.78 is 6.78. The second-order valence-corrected chi connectivity index (χ2v) is 6.43. The zero-order chi connectivity index (χ0) is 18.3. The molecule has 1 aliphatic rings. The van der Waals surface area contributed by atoms with Gasteiger partial charge in [0, 0.05) is 44.4 Å². The number of carbonyl (C=O) groups is 1. The lowest BCUT2D eigenvalue weighted by Crippen LogP contribution is -2.58. The van der Waals surface area contributed by atoms with Gasteiger partial charge in [-0.05, 0) is 19.9 Å². The summed E-state index contributed by atoms with van der Waals surface area (Å²) in [6.45, 7) is 4.68. The molecule has 0 unspecified atom stereocenters. The smallest absolute Gasteiger partial charge is 0.407 e. The number of aromatic nitrogens is 2. The highest BCUT2D eigenvalue weighted by molar-refractivity contribution is 5.89. The van der Waals surface area contributed by atoms with E-state index in [0.717, 1.165) is 0 Å². The van der Waals surface area contributed by atoms with Gasteiger partial charge < -0.3 is 24.2 Å². The van der Waals surface area contributed by atoms with Gasteiger partial charge in [-0.1, -0.05) is 0 Å². The van der Waals surface area contributed by atoms with E-state index in [-0.39, 0.29) is 17.6 Å². The summed E-state index contributed by atoms with van der Waals surface area (Å²) in [6.07, 6.45) is -0.923. The zero-order valence-electron chi connectivity index (χ0n) is 14.8. The molecule has 3 rings (SSSR count). The Hall–Kier alpha value is -2.77. The number of methoxy groups -OCH3 is 1. The van der Waals surface area contributed by atoms with E-state index in [9.17, 15) is 14.7 Å². The molecule has 0 saturated carbocycles. The Morgan fingerprint density at radius 2 is 2.00 bits per heavy atom. The van der Waals surface area contributed by atoms with Gasteiger partial charge in [0.25, 0.3) is 5.56 Å². The van der Waals surface area contributed by atoms with Crippen molar-refractivity contribution in [2.24, 2.45) is 7.05 Å². The maximum absolute atomic E-state index is 12.4. The van der Waals surface area contributed by atoms with E-state index >= 15 is 0 Å². The molecule has 0 bridgehead atoms. The first kappa shape index (κ1) is 17.1. The molecule has 1 aliphatic heterocycles. The molecule has 0 spiro atoms. The Morgan fingerprint density at radius 1 is 1.28 bits per heavy atom. The third-order valence-corrected chi connectivity index (χ3v) is 4.79. The van der Waals surface area contributed by atoms with Crippen LogP contribution in [0.2, 0.25) is 0 Å². The van der Waals surface area contributed by atoms with Gasteiger partial charge in [-0.25, -0.2) is 9.78 Å². The summed E-state index contributed by atoms with van der Waals surface area (Å²) in [5.74, 6) is 0.470. The lowest BCUT2D eigenvalue weighted by molar-refractivity contribution is 0.114. The van der Waals surface area contributed by atoms with Crippen LogP contribution in [0.3, 0.4) is 0 Å². The molecule has 1 saturated heterocycles. The van der Waals surface area contributed by atoms with Crippen LogP contribution in [0, 0.1) is 0 Å². The first-order valence-corrected chi connectivity index (χ1v) is 8.14. The molecule has 1 fully saturated rings. The molecule has 1 N–H and O–H groups in total. The second kappa shape index (κ2) is 6.27. The fraction of sp³-hybridized carbons (Fsp3) is 0.471. The normalized spacial score (nSPS) is 20.8. The van der Waals surface area contributed by atoms with Gasteiger partial charge in [-0.15, -0.1) is 0 Å². The highest BCUT2D eigenvalue weighted by Crippen LogP contribution is 2.29. The zero-order valence-corrected chi connectivity index (χ0v) is 14.8. The maximum atomic E-state index is 12.4. The Morgan fingerprint density at radius 3 is 2.64 bits per heavy atom. The minimum absolute atomic E-state index is 0.0735. The van der Waals surface area contributed by atoms with Crippen molar-refractivity contribution in [3.8, 4) is 5.88 Å². The van der Waals surface area contributed by atoms with Crippen LogP contribution in [0.15, 0.2) is 23.0 Å². The number of fused-ring (bicyclic) bond motifs is 1. The third-order valence-electron chi connectivity index (χ3n) is 4.79. The van der Waals surface area contributed by atoms with Gasteiger partial charge in [0.2, 0.25) is 5.88 Å². The highest BCUT2D eigenvalue weighted by Gasteiger charge is 2.33. The first-order valence-electron chi connectivity index (χ1n) is 8.14. The topological polar surface area (TPSA) is 87.9 Å². The van der Waals surface area contributed by atoms with Crippen LogP contribution in [0.1, 0.15) is 13.8 Å². The molecule has 25 heavy (non-hydrogen) atoms. The van der Waals surface area contributed by atoms with Crippen molar-refractivity contribution in [1.82, 2.24) is 14.5 Å². The molecule has 2 aromatic rings. The van der Waals surface area contributed by atoms with Crippen LogP contribution >= 0.6 is 0 Å². The summed E-state index contributed by atoms with van der Waals surface area (Å²) in [5.41, 5.74) is 1.96. The van der Waals surface area contributed by atoms with Gasteiger partial charge in [0.15, 0.2) is 0 Å². The SMILES string of the molecule is COc1ccc2c(n1)c(N1C[C@@H](C)N(C(=O)O)C[C@@H]1C)cc(=O)n2C. The van der Waals surface area contributed by atoms with Crippen molar-refractivity contribution in [2.45, 2.75) is 25.9 Å². The average molecular weight is 346 g/mol. The molecular formula is C17H22N4O4. The van der Waals surface area contributed by atoms with Crippen molar-refractivity contribution in [2.75, 3.05) is 25.1 Å². The number of hydrogen-bond acceptors (Lipinski definition) is 5. The monoisotopic (exact) mass is 346 g/mol. The summed E-state index contributed by atoms with van der Waals surface area (Å²) >= 11 is 0. The summed E-state index contributed by atoms with van der Waals surface area (Å²) in [6, 6.07) is 4.84. The number of carboxylic acid groups (broad SMARTS) is 1. The number of anilines is 1. The fourth-order valence-corrected chi connectivity index (χ4v) is 3.36. The Labute approximate surface area is 145 Å². The standard InChI is InChI=1S/C17H22N4O4/c1-10-9-21(17(23)24)11(2)8-20(10)13-7-15(22)19(3)12-5-6-14(25-4)18-16(12)13/h5-7,10-11H,8-9H2,1-4H3,(H,23,24)/t10-,11+/m0/s1. The summed E-state index contributed by atoms with van der Waals surface area (Å²) in [5, 5.41) is 9.33. The number of rotatable bonds is 2. The number of aryl methyl sites for hydroxylation is 1. The molecule has 0 radical (unpaired) electrons. The third kappa shape index (κ3) is 2.88. The van der Waals surface area contributed by atoms with Crippen LogP contribution in [0.4, 0.5) is 10.5 Å². The second-order valence-electron chi connectivity index (χ2n) is 6.43. The Balaban J connectivity index is 2.13. The van der Waals surface area contributed by atoms with Crippen molar-refractivity contribution < 1.29 is 14.6 Å². The fourth-order valence-electron chi connectivity index (χ4n) is 3.36.